The van der Waals surface area contributed by atoms with Crippen molar-refractivity contribution in [2.45, 2.75) is 26.0 Å². The zero-order chi connectivity index (χ0) is 18.8. The number of amides is 1. The number of ether oxygens (including phenoxy) is 3. The van der Waals surface area contributed by atoms with Crippen molar-refractivity contribution in [1.29, 1.82) is 0 Å². The van der Waals surface area contributed by atoms with E-state index < -0.39 is 12.1 Å². The van der Waals surface area contributed by atoms with E-state index in [1.165, 1.54) is 0 Å². The largest absolute Gasteiger partial charge is 0.496 e. The molecule has 0 aliphatic carbocycles. The molecular formula is C20H23NO5. The molecule has 6 heteroatoms. The minimum Gasteiger partial charge on any atom is -0.496 e. The van der Waals surface area contributed by atoms with Gasteiger partial charge in [-0.05, 0) is 24.6 Å². The lowest BCUT2D eigenvalue weighted by molar-refractivity contribution is -0.155. The van der Waals surface area contributed by atoms with E-state index in [1.54, 1.807) is 19.2 Å². The topological polar surface area (TPSA) is 73.9 Å². The van der Waals surface area contributed by atoms with Crippen LogP contribution in [0.4, 0.5) is 0 Å². The highest BCUT2D eigenvalue weighted by Crippen LogP contribution is 2.16. The van der Waals surface area contributed by atoms with E-state index >= 15 is 0 Å². The lowest BCUT2D eigenvalue weighted by Crippen LogP contribution is -2.33. The fourth-order valence-electron chi connectivity index (χ4n) is 2.28. The van der Waals surface area contributed by atoms with Crippen LogP contribution in [0.1, 0.15) is 18.9 Å². The first kappa shape index (κ1) is 19.3. The van der Waals surface area contributed by atoms with Crippen LogP contribution < -0.4 is 14.8 Å². The summed E-state index contributed by atoms with van der Waals surface area (Å²) >= 11 is 0. The molecule has 1 atom stereocenters. The van der Waals surface area contributed by atoms with Crippen LogP contribution in [0.25, 0.3) is 0 Å². The van der Waals surface area contributed by atoms with Gasteiger partial charge in [0, 0.05) is 12.1 Å². The molecule has 1 N–H and O–H groups in total. The number of hydrogen-bond donors (Lipinski definition) is 1. The van der Waals surface area contributed by atoms with Crippen LogP contribution in [-0.4, -0.2) is 31.7 Å². The Morgan fingerprint density at radius 2 is 1.73 bits per heavy atom. The summed E-state index contributed by atoms with van der Waals surface area (Å²) in [5, 5.41) is 2.70. The van der Waals surface area contributed by atoms with E-state index in [1.807, 2.05) is 49.4 Å². The molecule has 0 saturated heterocycles. The van der Waals surface area contributed by atoms with Gasteiger partial charge in [0.15, 0.2) is 12.7 Å². The van der Waals surface area contributed by atoms with Crippen LogP contribution in [0, 0.1) is 0 Å². The minimum absolute atomic E-state index is 0.290. The Hall–Kier alpha value is -3.02. The Labute approximate surface area is 153 Å². The maximum absolute atomic E-state index is 12.1. The van der Waals surface area contributed by atoms with Gasteiger partial charge in [0.2, 0.25) is 0 Å². The van der Waals surface area contributed by atoms with Crippen LogP contribution in [0.3, 0.4) is 0 Å². The molecule has 2 rings (SSSR count). The Balaban J connectivity index is 1.79. The minimum atomic E-state index is -0.751. The third-order valence-electron chi connectivity index (χ3n) is 3.67. The number of carbonyl (C=O) groups is 2. The van der Waals surface area contributed by atoms with Crippen molar-refractivity contribution in [2.24, 2.45) is 0 Å². The molecule has 0 fully saturated rings. The number of para-hydroxylation sites is 2. The zero-order valence-electron chi connectivity index (χ0n) is 14.9. The Kier molecular flexibility index (Phi) is 7.49. The summed E-state index contributed by atoms with van der Waals surface area (Å²) < 4.78 is 15.9. The van der Waals surface area contributed by atoms with Gasteiger partial charge in [0.1, 0.15) is 11.5 Å². The quantitative estimate of drug-likeness (QED) is 0.699. The summed E-state index contributed by atoms with van der Waals surface area (Å²) in [5.41, 5.74) is 0.841. The van der Waals surface area contributed by atoms with Crippen LogP contribution in [0.15, 0.2) is 54.6 Å². The standard InChI is InChI=1S/C20H23NO5/c1-3-17(26-16-10-5-4-6-11-16)20(23)25-14-19(22)21-13-15-9-7-8-12-18(15)24-2/h4-12,17H,3,13-14H2,1-2H3,(H,21,22)/t17-/m0/s1. The number of benzene rings is 2. The summed E-state index contributed by atoms with van der Waals surface area (Å²) in [6.07, 6.45) is -0.310. The maximum atomic E-state index is 12.1. The monoisotopic (exact) mass is 357 g/mol. The second-order valence-electron chi connectivity index (χ2n) is 5.52. The summed E-state index contributed by atoms with van der Waals surface area (Å²) in [7, 11) is 1.57. The lowest BCUT2D eigenvalue weighted by atomic mass is 10.2. The van der Waals surface area contributed by atoms with Crippen LogP contribution in [0.5, 0.6) is 11.5 Å². The van der Waals surface area contributed by atoms with Gasteiger partial charge >= 0.3 is 5.97 Å². The van der Waals surface area contributed by atoms with Crippen LogP contribution in [-0.2, 0) is 20.9 Å². The van der Waals surface area contributed by atoms with Gasteiger partial charge in [-0.2, -0.15) is 0 Å². The van der Waals surface area contributed by atoms with Crippen molar-refractivity contribution in [3.05, 3.63) is 60.2 Å². The van der Waals surface area contributed by atoms with Crippen molar-refractivity contribution in [1.82, 2.24) is 5.32 Å². The maximum Gasteiger partial charge on any atom is 0.347 e. The smallest absolute Gasteiger partial charge is 0.347 e. The number of nitrogens with one attached hydrogen (secondary N) is 1. The van der Waals surface area contributed by atoms with E-state index in [0.717, 1.165) is 5.56 Å². The third-order valence-corrected chi connectivity index (χ3v) is 3.67. The molecule has 0 aliphatic rings. The van der Waals surface area contributed by atoms with E-state index in [0.29, 0.717) is 17.9 Å². The van der Waals surface area contributed by atoms with Gasteiger partial charge in [-0.25, -0.2) is 4.79 Å². The number of hydrogen-bond acceptors (Lipinski definition) is 5. The molecule has 0 saturated carbocycles. The number of rotatable bonds is 9. The first-order valence-corrected chi connectivity index (χ1v) is 8.41. The molecule has 0 bridgehead atoms. The normalized spacial score (nSPS) is 11.3. The average molecular weight is 357 g/mol. The fourth-order valence-corrected chi connectivity index (χ4v) is 2.28. The van der Waals surface area contributed by atoms with Crippen LogP contribution >= 0.6 is 0 Å². The number of methoxy groups -OCH3 is 1. The van der Waals surface area contributed by atoms with Gasteiger partial charge in [-0.3, -0.25) is 4.79 Å². The molecule has 2 aromatic carbocycles. The highest BCUT2D eigenvalue weighted by Gasteiger charge is 2.21. The first-order valence-electron chi connectivity index (χ1n) is 8.41. The Bertz CT molecular complexity index is 717. The Morgan fingerprint density at radius 1 is 1.04 bits per heavy atom. The van der Waals surface area contributed by atoms with Crippen molar-refractivity contribution in [3.63, 3.8) is 0 Å². The Morgan fingerprint density at radius 3 is 2.42 bits per heavy atom. The molecule has 1 amide bonds. The predicted molar refractivity (Wildman–Crippen MR) is 96.9 cm³/mol. The number of carbonyl (C=O) groups excluding carboxylic acids is 2. The summed E-state index contributed by atoms with van der Waals surface area (Å²) in [6.45, 7) is 1.75. The molecule has 26 heavy (non-hydrogen) atoms. The highest BCUT2D eigenvalue weighted by atomic mass is 16.6. The van der Waals surface area contributed by atoms with Gasteiger partial charge in [0.05, 0.1) is 7.11 Å². The van der Waals surface area contributed by atoms with E-state index in [4.69, 9.17) is 14.2 Å². The molecular weight excluding hydrogens is 334 g/mol. The van der Waals surface area contributed by atoms with E-state index in [9.17, 15) is 9.59 Å². The van der Waals surface area contributed by atoms with Crippen molar-refractivity contribution < 1.29 is 23.8 Å². The molecule has 0 aliphatic heterocycles. The van der Waals surface area contributed by atoms with Crippen molar-refractivity contribution in [2.75, 3.05) is 13.7 Å². The van der Waals surface area contributed by atoms with Gasteiger partial charge in [-0.1, -0.05) is 43.3 Å². The van der Waals surface area contributed by atoms with Crippen molar-refractivity contribution >= 4 is 11.9 Å². The number of esters is 1. The molecule has 0 aromatic heterocycles. The van der Waals surface area contributed by atoms with Gasteiger partial charge in [0.25, 0.3) is 5.91 Å². The molecule has 2 aromatic rings. The van der Waals surface area contributed by atoms with Crippen LogP contribution in [0.2, 0.25) is 0 Å². The molecule has 0 unspecified atom stereocenters. The predicted octanol–water partition coefficient (Wildman–Crippen LogP) is 2.71. The second-order valence-corrected chi connectivity index (χ2v) is 5.52. The summed E-state index contributed by atoms with van der Waals surface area (Å²) in [4.78, 5) is 24.0. The van der Waals surface area contributed by atoms with Crippen molar-refractivity contribution in [3.8, 4) is 11.5 Å². The second kappa shape index (κ2) is 10.1. The van der Waals surface area contributed by atoms with Gasteiger partial charge in [-0.15, -0.1) is 0 Å². The summed E-state index contributed by atoms with van der Waals surface area (Å²) in [5.74, 6) is 0.312. The highest BCUT2D eigenvalue weighted by molar-refractivity contribution is 5.82. The molecule has 138 valence electrons. The van der Waals surface area contributed by atoms with E-state index in [-0.39, 0.29) is 19.1 Å². The zero-order valence-corrected chi connectivity index (χ0v) is 14.9. The summed E-state index contributed by atoms with van der Waals surface area (Å²) in [6, 6.07) is 16.4. The molecule has 0 spiro atoms. The molecule has 6 nitrogen and oxygen atoms in total. The molecule has 0 radical (unpaired) electrons. The lowest BCUT2D eigenvalue weighted by Gasteiger charge is -2.16. The van der Waals surface area contributed by atoms with E-state index in [2.05, 4.69) is 5.32 Å². The SMILES string of the molecule is CC[C@H](Oc1ccccc1)C(=O)OCC(=O)NCc1ccccc1OC. The van der Waals surface area contributed by atoms with Gasteiger partial charge < -0.3 is 19.5 Å². The third kappa shape index (κ3) is 5.81. The fraction of sp³-hybridized carbons (Fsp3) is 0.300. The first-order chi connectivity index (χ1) is 12.6. The molecule has 0 heterocycles. The average Bonchev–Trinajstić information content (AvgIpc) is 2.69.